The van der Waals surface area contributed by atoms with E-state index in [1.54, 1.807) is 30.3 Å². The van der Waals surface area contributed by atoms with Crippen LogP contribution >= 0.6 is 0 Å². The van der Waals surface area contributed by atoms with Crippen LogP contribution < -0.4 is 10.4 Å². The number of nitrogens with zero attached hydrogens (tertiary/aromatic N) is 4. The van der Waals surface area contributed by atoms with E-state index >= 15 is 0 Å². The van der Waals surface area contributed by atoms with Gasteiger partial charge in [0.15, 0.2) is 0 Å². The lowest BCUT2D eigenvalue weighted by Gasteiger charge is -2.05. The van der Waals surface area contributed by atoms with Crippen LogP contribution in [0.15, 0.2) is 52.2 Å². The lowest BCUT2D eigenvalue weighted by Crippen LogP contribution is -2.15. The lowest BCUT2D eigenvalue weighted by atomic mass is 10.1. The molecule has 8 nitrogen and oxygen atoms in total. The number of ether oxygens (including phenoxy) is 1. The van der Waals surface area contributed by atoms with E-state index in [4.69, 9.17) is 9.26 Å². The van der Waals surface area contributed by atoms with Crippen LogP contribution in [0.3, 0.4) is 0 Å². The number of hydrogen-bond donors (Lipinski definition) is 1. The quantitative estimate of drug-likeness (QED) is 0.598. The summed E-state index contributed by atoms with van der Waals surface area (Å²) in [5.41, 5.74) is 3.79. The van der Waals surface area contributed by atoms with Crippen molar-refractivity contribution in [3.63, 3.8) is 0 Å². The largest absolute Gasteiger partial charge is 0.495 e. The molecule has 1 N–H and O–H groups in total. The number of hydrogen-bond acceptors (Lipinski definition) is 6. The molecule has 0 saturated carbocycles. The monoisotopic (exact) mass is 363 g/mol. The summed E-state index contributed by atoms with van der Waals surface area (Å²) in [5, 5.41) is 4.06. The zero-order valence-corrected chi connectivity index (χ0v) is 15.1. The molecule has 0 aliphatic rings. The molecule has 0 bridgehead atoms. The fraction of sp³-hybridized carbons (Fsp3) is 0.158. The first-order valence-corrected chi connectivity index (χ1v) is 8.29. The Labute approximate surface area is 154 Å². The predicted molar refractivity (Wildman–Crippen MR) is 98.9 cm³/mol. The van der Waals surface area contributed by atoms with Crippen molar-refractivity contribution in [3.05, 3.63) is 64.6 Å². The first-order chi connectivity index (χ1) is 13.1. The number of nitrogens with one attached hydrogen (secondary N) is 1. The highest BCUT2D eigenvalue weighted by Gasteiger charge is 2.15. The molecule has 4 aromatic rings. The summed E-state index contributed by atoms with van der Waals surface area (Å²) in [6.07, 6.45) is 4.98. The Hall–Kier alpha value is -3.68. The van der Waals surface area contributed by atoms with Gasteiger partial charge in [0.2, 0.25) is 5.82 Å². The van der Waals surface area contributed by atoms with Gasteiger partial charge >= 0.3 is 5.69 Å². The summed E-state index contributed by atoms with van der Waals surface area (Å²) in [4.78, 5) is 23.2. The van der Waals surface area contributed by atoms with Gasteiger partial charge in [0, 0.05) is 29.2 Å². The van der Waals surface area contributed by atoms with Crippen molar-refractivity contribution in [2.24, 2.45) is 0 Å². The van der Waals surface area contributed by atoms with E-state index in [1.807, 2.05) is 38.1 Å². The van der Waals surface area contributed by atoms with Gasteiger partial charge in [-0.3, -0.25) is 9.55 Å². The van der Waals surface area contributed by atoms with Crippen LogP contribution in [0.5, 0.6) is 5.75 Å². The molecule has 3 aromatic heterocycles. The number of aromatic amines is 1. The van der Waals surface area contributed by atoms with Crippen LogP contribution in [0.4, 0.5) is 0 Å². The van der Waals surface area contributed by atoms with Gasteiger partial charge in [0.25, 0.3) is 5.89 Å². The smallest absolute Gasteiger partial charge is 0.330 e. The summed E-state index contributed by atoms with van der Waals surface area (Å²) in [6, 6.07) is 7.37. The van der Waals surface area contributed by atoms with Crippen molar-refractivity contribution in [2.45, 2.75) is 13.8 Å². The molecule has 136 valence electrons. The van der Waals surface area contributed by atoms with Gasteiger partial charge in [0.1, 0.15) is 5.75 Å². The van der Waals surface area contributed by atoms with Crippen molar-refractivity contribution < 1.29 is 9.26 Å². The number of methoxy groups -OCH3 is 1. The average Bonchev–Trinajstić information content (AvgIpc) is 3.29. The summed E-state index contributed by atoms with van der Waals surface area (Å²) in [5.74, 6) is 1.48. The van der Waals surface area contributed by atoms with Crippen molar-refractivity contribution >= 4 is 0 Å². The summed E-state index contributed by atoms with van der Waals surface area (Å²) < 4.78 is 12.3. The van der Waals surface area contributed by atoms with Gasteiger partial charge < -0.3 is 14.2 Å². The maximum atomic E-state index is 11.9. The Morgan fingerprint density at radius 3 is 2.59 bits per heavy atom. The number of aryl methyl sites for hydroxylation is 1. The molecule has 0 unspecified atom stereocenters. The normalized spacial score (nSPS) is 10.9. The highest BCUT2D eigenvalue weighted by molar-refractivity contribution is 5.64. The van der Waals surface area contributed by atoms with Crippen LogP contribution in [0.25, 0.3) is 28.5 Å². The summed E-state index contributed by atoms with van der Waals surface area (Å²) in [7, 11) is 1.59. The number of imidazole rings is 1. The van der Waals surface area contributed by atoms with Gasteiger partial charge in [-0.2, -0.15) is 4.98 Å². The van der Waals surface area contributed by atoms with Gasteiger partial charge in [-0.1, -0.05) is 5.16 Å². The SMILES string of the molecule is COc1cncc(-c2nc(-c3ccc(-n4c(C)c[nH]c4=O)cc3)no2)c1C. The van der Waals surface area contributed by atoms with Crippen LogP contribution in [-0.4, -0.2) is 31.8 Å². The van der Waals surface area contributed by atoms with Crippen molar-refractivity contribution in [1.82, 2.24) is 24.7 Å². The Balaban J connectivity index is 1.67. The Kier molecular flexibility index (Phi) is 4.08. The van der Waals surface area contributed by atoms with Crippen LogP contribution in [0.2, 0.25) is 0 Å². The van der Waals surface area contributed by atoms with Crippen LogP contribution in [-0.2, 0) is 0 Å². The second-order valence-electron chi connectivity index (χ2n) is 6.05. The summed E-state index contributed by atoms with van der Waals surface area (Å²) in [6.45, 7) is 3.77. The summed E-state index contributed by atoms with van der Waals surface area (Å²) >= 11 is 0. The fourth-order valence-corrected chi connectivity index (χ4v) is 2.91. The number of benzene rings is 1. The Morgan fingerprint density at radius 1 is 1.15 bits per heavy atom. The molecule has 0 radical (unpaired) electrons. The molecule has 4 rings (SSSR count). The second kappa shape index (κ2) is 6.56. The third-order valence-corrected chi connectivity index (χ3v) is 4.39. The van der Waals surface area contributed by atoms with E-state index in [1.165, 1.54) is 0 Å². The molecule has 8 heteroatoms. The maximum Gasteiger partial charge on any atom is 0.330 e. The third-order valence-electron chi connectivity index (χ3n) is 4.39. The standard InChI is InChI=1S/C19H17N5O3/c1-11-8-21-19(25)24(11)14-6-4-13(5-7-14)17-22-18(27-23-17)15-9-20-10-16(26-3)12(15)2/h4-10H,1-3H3,(H,21,25). The first-order valence-electron chi connectivity index (χ1n) is 8.29. The molecular formula is C19H17N5O3. The zero-order chi connectivity index (χ0) is 19.0. The molecular weight excluding hydrogens is 346 g/mol. The number of H-pyrrole nitrogens is 1. The van der Waals surface area contributed by atoms with Crippen molar-refractivity contribution in [3.8, 4) is 34.3 Å². The Bertz CT molecular complexity index is 1150. The topological polar surface area (TPSA) is 98.8 Å². The van der Waals surface area contributed by atoms with E-state index in [-0.39, 0.29) is 5.69 Å². The van der Waals surface area contributed by atoms with Gasteiger partial charge in [-0.05, 0) is 38.1 Å². The molecule has 0 aliphatic carbocycles. The zero-order valence-electron chi connectivity index (χ0n) is 15.1. The lowest BCUT2D eigenvalue weighted by molar-refractivity contribution is 0.408. The number of rotatable bonds is 4. The number of aromatic nitrogens is 5. The molecule has 0 atom stereocenters. The minimum absolute atomic E-state index is 0.178. The van der Waals surface area contributed by atoms with E-state index in [9.17, 15) is 4.79 Å². The highest BCUT2D eigenvalue weighted by atomic mass is 16.5. The fourth-order valence-electron chi connectivity index (χ4n) is 2.91. The molecule has 1 aromatic carbocycles. The molecule has 0 amide bonds. The minimum atomic E-state index is -0.178. The van der Waals surface area contributed by atoms with E-state index in [0.29, 0.717) is 17.5 Å². The average molecular weight is 363 g/mol. The van der Waals surface area contributed by atoms with E-state index < -0.39 is 0 Å². The van der Waals surface area contributed by atoms with Gasteiger partial charge in [0.05, 0.1) is 24.6 Å². The third kappa shape index (κ3) is 2.91. The predicted octanol–water partition coefficient (Wildman–Crippen LogP) is 2.90. The molecule has 0 saturated heterocycles. The van der Waals surface area contributed by atoms with Gasteiger partial charge in [-0.15, -0.1) is 0 Å². The highest BCUT2D eigenvalue weighted by Crippen LogP contribution is 2.29. The van der Waals surface area contributed by atoms with E-state index in [0.717, 1.165) is 28.1 Å². The van der Waals surface area contributed by atoms with Crippen molar-refractivity contribution in [2.75, 3.05) is 7.11 Å². The minimum Gasteiger partial charge on any atom is -0.495 e. The molecule has 27 heavy (non-hydrogen) atoms. The molecule has 0 fully saturated rings. The van der Waals surface area contributed by atoms with Crippen molar-refractivity contribution in [1.29, 1.82) is 0 Å². The maximum absolute atomic E-state index is 11.9. The number of pyridine rings is 1. The molecule has 0 spiro atoms. The molecule has 0 aliphatic heterocycles. The molecule has 3 heterocycles. The Morgan fingerprint density at radius 2 is 1.93 bits per heavy atom. The van der Waals surface area contributed by atoms with E-state index in [2.05, 4.69) is 20.1 Å². The second-order valence-corrected chi connectivity index (χ2v) is 6.05. The first kappa shape index (κ1) is 16.8. The van der Waals surface area contributed by atoms with Gasteiger partial charge in [-0.25, -0.2) is 4.79 Å². The van der Waals surface area contributed by atoms with Crippen LogP contribution in [0, 0.1) is 13.8 Å². The van der Waals surface area contributed by atoms with Crippen LogP contribution in [0.1, 0.15) is 11.3 Å².